The van der Waals surface area contributed by atoms with Gasteiger partial charge in [0.05, 0.1) is 0 Å². The van der Waals surface area contributed by atoms with Crippen molar-refractivity contribution in [2.45, 2.75) is 19.9 Å². The highest BCUT2D eigenvalue weighted by atomic mass is 16.2. The molecule has 0 saturated carbocycles. The molecule has 1 aliphatic rings. The molecule has 0 radical (unpaired) electrons. The van der Waals surface area contributed by atoms with Crippen molar-refractivity contribution in [2.75, 3.05) is 38.6 Å². The minimum absolute atomic E-state index is 0.0586. The molecule has 1 aliphatic heterocycles. The summed E-state index contributed by atoms with van der Waals surface area (Å²) in [5, 5.41) is 3.44. The van der Waals surface area contributed by atoms with Gasteiger partial charge >= 0.3 is 0 Å². The van der Waals surface area contributed by atoms with E-state index in [-0.39, 0.29) is 5.91 Å². The zero-order valence-corrected chi connectivity index (χ0v) is 12.2. The molecule has 1 aromatic carbocycles. The van der Waals surface area contributed by atoms with E-state index in [2.05, 4.69) is 30.1 Å². The van der Waals surface area contributed by atoms with E-state index >= 15 is 0 Å². The SMILES string of the molecule is Cc1cc(C(=O)N(C)C)ccc1N1CCN[C@@H](C)C1. The van der Waals surface area contributed by atoms with E-state index in [1.165, 1.54) is 11.3 Å². The molecule has 4 nitrogen and oxygen atoms in total. The van der Waals surface area contributed by atoms with Gasteiger partial charge in [0.25, 0.3) is 5.91 Å². The zero-order valence-electron chi connectivity index (χ0n) is 12.2. The van der Waals surface area contributed by atoms with E-state index in [4.69, 9.17) is 0 Å². The normalized spacial score (nSPS) is 19.4. The third-order valence-electron chi connectivity index (χ3n) is 3.56. The van der Waals surface area contributed by atoms with Crippen LogP contribution in [0.15, 0.2) is 18.2 Å². The van der Waals surface area contributed by atoms with Gasteiger partial charge in [-0.25, -0.2) is 0 Å². The Balaban J connectivity index is 2.21. The molecule has 1 amide bonds. The summed E-state index contributed by atoms with van der Waals surface area (Å²) in [5.74, 6) is 0.0586. The summed E-state index contributed by atoms with van der Waals surface area (Å²) in [5.41, 5.74) is 3.17. The number of anilines is 1. The predicted molar refractivity (Wildman–Crippen MR) is 78.9 cm³/mol. The summed E-state index contributed by atoms with van der Waals surface area (Å²) in [6.45, 7) is 7.33. The van der Waals surface area contributed by atoms with E-state index in [0.717, 1.165) is 25.2 Å². The highest BCUT2D eigenvalue weighted by Crippen LogP contribution is 2.23. The molecule has 4 heteroatoms. The van der Waals surface area contributed by atoms with Crippen molar-refractivity contribution < 1.29 is 4.79 Å². The van der Waals surface area contributed by atoms with Crippen molar-refractivity contribution in [3.05, 3.63) is 29.3 Å². The number of aryl methyl sites for hydroxylation is 1. The van der Waals surface area contributed by atoms with Crippen LogP contribution >= 0.6 is 0 Å². The second kappa shape index (κ2) is 5.61. The number of hydrogen-bond donors (Lipinski definition) is 1. The number of carbonyl (C=O) groups excluding carboxylic acids is 1. The number of hydrogen-bond acceptors (Lipinski definition) is 3. The summed E-state index contributed by atoms with van der Waals surface area (Å²) < 4.78 is 0. The van der Waals surface area contributed by atoms with Gasteiger partial charge in [0.1, 0.15) is 0 Å². The van der Waals surface area contributed by atoms with Crippen LogP contribution in [0.2, 0.25) is 0 Å². The molecule has 1 N–H and O–H groups in total. The molecule has 1 saturated heterocycles. The average Bonchev–Trinajstić information content (AvgIpc) is 2.37. The largest absolute Gasteiger partial charge is 0.368 e. The lowest BCUT2D eigenvalue weighted by molar-refractivity contribution is 0.0827. The number of amides is 1. The van der Waals surface area contributed by atoms with E-state index in [1.54, 1.807) is 19.0 Å². The van der Waals surface area contributed by atoms with E-state index in [9.17, 15) is 4.79 Å². The Morgan fingerprint density at radius 3 is 2.74 bits per heavy atom. The fourth-order valence-corrected chi connectivity index (χ4v) is 2.55. The first kappa shape index (κ1) is 13.9. The predicted octanol–water partition coefficient (Wildman–Crippen LogP) is 1.49. The fraction of sp³-hybridized carbons (Fsp3) is 0.533. The second-order valence-corrected chi connectivity index (χ2v) is 5.50. The maximum Gasteiger partial charge on any atom is 0.253 e. The minimum Gasteiger partial charge on any atom is -0.368 e. The lowest BCUT2D eigenvalue weighted by Gasteiger charge is -2.34. The monoisotopic (exact) mass is 261 g/mol. The Morgan fingerprint density at radius 1 is 1.42 bits per heavy atom. The first-order valence-corrected chi connectivity index (χ1v) is 6.79. The molecule has 1 aromatic rings. The van der Waals surface area contributed by atoms with E-state index < -0.39 is 0 Å². The van der Waals surface area contributed by atoms with Gasteiger partial charge in [-0.15, -0.1) is 0 Å². The number of nitrogens with zero attached hydrogens (tertiary/aromatic N) is 2. The fourth-order valence-electron chi connectivity index (χ4n) is 2.55. The zero-order chi connectivity index (χ0) is 14.0. The standard InChI is InChI=1S/C15H23N3O/c1-11-9-13(15(19)17(3)4)5-6-14(11)18-8-7-16-12(2)10-18/h5-6,9,12,16H,7-8,10H2,1-4H3/t12-/m0/s1. The van der Waals surface area contributed by atoms with Crippen LogP contribution in [-0.2, 0) is 0 Å². The van der Waals surface area contributed by atoms with Crippen molar-refractivity contribution in [1.82, 2.24) is 10.2 Å². The van der Waals surface area contributed by atoms with Gasteiger partial charge in [0.2, 0.25) is 0 Å². The topological polar surface area (TPSA) is 35.6 Å². The van der Waals surface area contributed by atoms with Crippen molar-refractivity contribution in [2.24, 2.45) is 0 Å². The molecule has 19 heavy (non-hydrogen) atoms. The minimum atomic E-state index is 0.0586. The Bertz CT molecular complexity index is 470. The van der Waals surface area contributed by atoms with Gasteiger partial charge in [0.15, 0.2) is 0 Å². The van der Waals surface area contributed by atoms with Crippen LogP contribution in [0.25, 0.3) is 0 Å². The molecular formula is C15H23N3O. The molecule has 104 valence electrons. The van der Waals surface area contributed by atoms with Crippen molar-refractivity contribution in [3.63, 3.8) is 0 Å². The lowest BCUT2D eigenvalue weighted by atomic mass is 10.1. The molecule has 0 unspecified atom stereocenters. The van der Waals surface area contributed by atoms with Gasteiger partial charge in [-0.1, -0.05) is 0 Å². The van der Waals surface area contributed by atoms with Crippen LogP contribution in [-0.4, -0.2) is 50.6 Å². The number of benzene rings is 1. The van der Waals surface area contributed by atoms with Crippen LogP contribution in [0, 0.1) is 6.92 Å². The van der Waals surface area contributed by atoms with E-state index in [1.807, 2.05) is 12.1 Å². The summed E-state index contributed by atoms with van der Waals surface area (Å²) in [6, 6.07) is 6.50. The maximum atomic E-state index is 11.9. The summed E-state index contributed by atoms with van der Waals surface area (Å²) in [4.78, 5) is 15.9. The number of rotatable bonds is 2. The van der Waals surface area contributed by atoms with Gasteiger partial charge in [-0.3, -0.25) is 4.79 Å². The quantitative estimate of drug-likeness (QED) is 0.876. The average molecular weight is 261 g/mol. The second-order valence-electron chi connectivity index (χ2n) is 5.50. The van der Waals surface area contributed by atoms with Crippen LogP contribution in [0.1, 0.15) is 22.8 Å². The molecular weight excluding hydrogens is 238 g/mol. The van der Waals surface area contributed by atoms with Crippen LogP contribution in [0.3, 0.4) is 0 Å². The smallest absolute Gasteiger partial charge is 0.253 e. The molecule has 1 heterocycles. The van der Waals surface area contributed by atoms with E-state index in [0.29, 0.717) is 6.04 Å². The molecule has 0 spiro atoms. The Hall–Kier alpha value is -1.55. The number of nitrogens with one attached hydrogen (secondary N) is 1. The van der Waals surface area contributed by atoms with Crippen molar-refractivity contribution in [1.29, 1.82) is 0 Å². The van der Waals surface area contributed by atoms with Crippen LogP contribution in [0.5, 0.6) is 0 Å². The molecule has 1 fully saturated rings. The summed E-state index contributed by atoms with van der Waals surface area (Å²) in [6.07, 6.45) is 0. The molecule has 0 aromatic heterocycles. The number of carbonyl (C=O) groups is 1. The Kier molecular flexibility index (Phi) is 4.10. The summed E-state index contributed by atoms with van der Waals surface area (Å²) >= 11 is 0. The third-order valence-corrected chi connectivity index (χ3v) is 3.56. The first-order valence-electron chi connectivity index (χ1n) is 6.79. The molecule has 2 rings (SSSR count). The van der Waals surface area contributed by atoms with Gasteiger partial charge in [0, 0.05) is 51.0 Å². The summed E-state index contributed by atoms with van der Waals surface area (Å²) in [7, 11) is 3.56. The first-order chi connectivity index (χ1) is 8.99. The molecule has 0 bridgehead atoms. The van der Waals surface area contributed by atoms with Crippen molar-refractivity contribution >= 4 is 11.6 Å². The Labute approximate surface area is 115 Å². The van der Waals surface area contributed by atoms with Crippen LogP contribution < -0.4 is 10.2 Å². The molecule has 1 atom stereocenters. The highest BCUT2D eigenvalue weighted by molar-refractivity contribution is 5.94. The Morgan fingerprint density at radius 2 is 2.16 bits per heavy atom. The number of piperazine rings is 1. The van der Waals surface area contributed by atoms with Gasteiger partial charge < -0.3 is 15.1 Å². The van der Waals surface area contributed by atoms with Gasteiger partial charge in [-0.05, 0) is 37.6 Å². The van der Waals surface area contributed by atoms with Gasteiger partial charge in [-0.2, -0.15) is 0 Å². The molecule has 0 aliphatic carbocycles. The van der Waals surface area contributed by atoms with Crippen molar-refractivity contribution in [3.8, 4) is 0 Å². The lowest BCUT2D eigenvalue weighted by Crippen LogP contribution is -2.49. The highest BCUT2D eigenvalue weighted by Gasteiger charge is 2.18. The third kappa shape index (κ3) is 3.07. The maximum absolute atomic E-state index is 11.9. The van der Waals surface area contributed by atoms with Crippen LogP contribution in [0.4, 0.5) is 5.69 Å².